The molecule has 2 fully saturated rings. The highest BCUT2D eigenvalue weighted by Gasteiger charge is 2.54. The first-order chi connectivity index (χ1) is 16.4. The van der Waals surface area contributed by atoms with E-state index in [0.717, 1.165) is 30.6 Å². The maximum Gasteiger partial charge on any atom is 0.169 e. The molecular formula is C29H44O5. The maximum absolute atomic E-state index is 10.3. The van der Waals surface area contributed by atoms with Crippen molar-refractivity contribution in [1.82, 2.24) is 0 Å². The van der Waals surface area contributed by atoms with Crippen LogP contribution in [0.1, 0.15) is 52.5 Å². The highest BCUT2D eigenvalue weighted by Crippen LogP contribution is 2.55. The predicted molar refractivity (Wildman–Crippen MR) is 133 cm³/mol. The minimum Gasteiger partial charge on any atom is -0.497 e. The Labute approximate surface area is 205 Å². The lowest BCUT2D eigenvalue weighted by atomic mass is 9.55. The van der Waals surface area contributed by atoms with Crippen molar-refractivity contribution in [3.05, 3.63) is 41.5 Å². The topological polar surface area (TPSA) is 57.2 Å². The third-order valence-electron chi connectivity index (χ3n) is 8.64. The third kappa shape index (κ3) is 5.53. The van der Waals surface area contributed by atoms with Gasteiger partial charge in [0.2, 0.25) is 0 Å². The van der Waals surface area contributed by atoms with Crippen LogP contribution in [-0.4, -0.2) is 44.4 Å². The van der Waals surface area contributed by atoms with Crippen molar-refractivity contribution in [3.8, 4) is 5.75 Å². The Hall–Kier alpha value is -1.40. The summed E-state index contributed by atoms with van der Waals surface area (Å²) < 4.78 is 24.1. The number of aliphatic hydroxyl groups excluding tert-OH is 1. The van der Waals surface area contributed by atoms with Crippen LogP contribution in [0.5, 0.6) is 5.75 Å². The Morgan fingerprint density at radius 3 is 2.38 bits per heavy atom. The smallest absolute Gasteiger partial charge is 0.169 e. The molecule has 5 nitrogen and oxygen atoms in total. The van der Waals surface area contributed by atoms with Crippen LogP contribution < -0.4 is 4.74 Å². The Bertz CT molecular complexity index is 810. The van der Waals surface area contributed by atoms with E-state index >= 15 is 0 Å². The molecule has 1 saturated carbocycles. The van der Waals surface area contributed by atoms with Gasteiger partial charge in [0.25, 0.3) is 0 Å². The molecule has 1 aromatic carbocycles. The Kier molecular flexibility index (Phi) is 8.40. The van der Waals surface area contributed by atoms with Gasteiger partial charge in [-0.15, -0.1) is 0 Å². The lowest BCUT2D eigenvalue weighted by Gasteiger charge is -2.53. The number of methoxy groups -OCH3 is 1. The average molecular weight is 473 g/mol. The zero-order valence-corrected chi connectivity index (χ0v) is 21.7. The highest BCUT2D eigenvalue weighted by atomic mass is 16.7. The van der Waals surface area contributed by atoms with Crippen molar-refractivity contribution in [2.45, 2.75) is 59.4 Å². The molecule has 1 N–H and O–H groups in total. The second-order valence-corrected chi connectivity index (χ2v) is 11.2. The lowest BCUT2D eigenvalue weighted by Crippen LogP contribution is -2.51. The van der Waals surface area contributed by atoms with Crippen LogP contribution in [0.2, 0.25) is 0 Å². The molecule has 1 spiro atoms. The maximum atomic E-state index is 10.3. The van der Waals surface area contributed by atoms with Crippen LogP contribution in [0, 0.1) is 41.4 Å². The van der Waals surface area contributed by atoms with E-state index < -0.39 is 5.79 Å². The molecule has 0 unspecified atom stereocenters. The summed E-state index contributed by atoms with van der Waals surface area (Å²) in [4.78, 5) is 0. The second kappa shape index (κ2) is 11.1. The summed E-state index contributed by atoms with van der Waals surface area (Å²) in [5.41, 5.74) is 2.62. The fourth-order valence-corrected chi connectivity index (χ4v) is 6.83. The number of benzene rings is 1. The molecule has 0 amide bonds. The molecule has 3 aliphatic rings. The van der Waals surface area contributed by atoms with Gasteiger partial charge in [-0.25, -0.2) is 0 Å². The zero-order chi connectivity index (χ0) is 24.3. The van der Waals surface area contributed by atoms with Crippen molar-refractivity contribution < 1.29 is 24.1 Å². The van der Waals surface area contributed by atoms with E-state index in [1.165, 1.54) is 5.57 Å². The molecule has 0 bridgehead atoms. The van der Waals surface area contributed by atoms with Crippen LogP contribution in [0.15, 0.2) is 35.9 Å². The number of ether oxygens (including phenoxy) is 4. The normalized spacial score (nSPS) is 30.1. The SMILES string of the molecule is COc1ccc(COC[C@@H](C)[C@@H]2CC3(C[C@H]4[C@@H]2C=C(C)C[C@H]4[C@H](CO)C(C)C)OCCO3)cc1. The molecule has 5 heteroatoms. The summed E-state index contributed by atoms with van der Waals surface area (Å²) in [5, 5.41) is 10.3. The van der Waals surface area contributed by atoms with Crippen LogP contribution in [0.4, 0.5) is 0 Å². The molecule has 6 atom stereocenters. The van der Waals surface area contributed by atoms with Crippen LogP contribution in [0.25, 0.3) is 0 Å². The first kappa shape index (κ1) is 25.7. The Morgan fingerprint density at radius 1 is 1.06 bits per heavy atom. The first-order valence-corrected chi connectivity index (χ1v) is 13.1. The van der Waals surface area contributed by atoms with Gasteiger partial charge in [0, 0.05) is 26.1 Å². The lowest BCUT2D eigenvalue weighted by molar-refractivity contribution is -0.220. The summed E-state index contributed by atoms with van der Waals surface area (Å²) in [6, 6.07) is 8.09. The monoisotopic (exact) mass is 472 g/mol. The predicted octanol–water partition coefficient (Wildman–Crippen LogP) is 5.46. The molecule has 1 heterocycles. The second-order valence-electron chi connectivity index (χ2n) is 11.2. The summed E-state index contributed by atoms with van der Waals surface area (Å²) in [6.07, 6.45) is 5.45. The number of rotatable bonds is 9. The number of hydrogen-bond acceptors (Lipinski definition) is 5. The zero-order valence-electron chi connectivity index (χ0n) is 21.7. The number of allylic oxidation sites excluding steroid dienone is 2. The number of fused-ring (bicyclic) bond motifs is 1. The third-order valence-corrected chi connectivity index (χ3v) is 8.64. The molecule has 34 heavy (non-hydrogen) atoms. The quantitative estimate of drug-likeness (QED) is 0.484. The minimum absolute atomic E-state index is 0.249. The van der Waals surface area contributed by atoms with E-state index in [0.29, 0.717) is 67.9 Å². The molecule has 1 aliphatic heterocycles. The molecule has 190 valence electrons. The molecule has 0 radical (unpaired) electrons. The standard InChI is InChI=1S/C29H44O5/c1-19(2)28(16-30)25-13-20(3)12-24-26(14-29(15-27(24)25)33-10-11-34-29)21(4)17-32-18-22-6-8-23(31-5)9-7-22/h6-9,12,19,21,24-28,30H,10-11,13-18H2,1-5H3/t21-,24-,25-,26+,27+,28-/m1/s1. The fourth-order valence-electron chi connectivity index (χ4n) is 6.83. The van der Waals surface area contributed by atoms with Gasteiger partial charge in [-0.05, 0) is 72.5 Å². The van der Waals surface area contributed by atoms with Gasteiger partial charge < -0.3 is 24.1 Å². The first-order valence-electron chi connectivity index (χ1n) is 13.1. The van der Waals surface area contributed by atoms with E-state index in [1.54, 1.807) is 7.11 Å². The van der Waals surface area contributed by atoms with Crippen LogP contribution >= 0.6 is 0 Å². The van der Waals surface area contributed by atoms with E-state index in [9.17, 15) is 5.11 Å². The van der Waals surface area contributed by atoms with Gasteiger partial charge in [0.05, 0.1) is 26.9 Å². The molecular weight excluding hydrogens is 428 g/mol. The minimum atomic E-state index is -0.468. The van der Waals surface area contributed by atoms with E-state index in [-0.39, 0.29) is 6.61 Å². The van der Waals surface area contributed by atoms with Crippen molar-refractivity contribution in [3.63, 3.8) is 0 Å². The van der Waals surface area contributed by atoms with Crippen LogP contribution in [-0.2, 0) is 20.8 Å². The van der Waals surface area contributed by atoms with Crippen molar-refractivity contribution in [1.29, 1.82) is 0 Å². The van der Waals surface area contributed by atoms with Crippen molar-refractivity contribution >= 4 is 0 Å². The van der Waals surface area contributed by atoms with Gasteiger partial charge in [0.15, 0.2) is 5.79 Å². The molecule has 0 aromatic heterocycles. The van der Waals surface area contributed by atoms with Gasteiger partial charge in [-0.2, -0.15) is 0 Å². The van der Waals surface area contributed by atoms with Gasteiger partial charge in [-0.3, -0.25) is 0 Å². The van der Waals surface area contributed by atoms with Crippen molar-refractivity contribution in [2.24, 2.45) is 41.4 Å². The Balaban J connectivity index is 1.50. The molecule has 1 aromatic rings. The summed E-state index contributed by atoms with van der Waals surface area (Å²) in [6.45, 7) is 12.0. The Morgan fingerprint density at radius 2 is 1.76 bits per heavy atom. The molecule has 4 rings (SSSR count). The van der Waals surface area contributed by atoms with Crippen LogP contribution in [0.3, 0.4) is 0 Å². The van der Waals surface area contributed by atoms with Gasteiger partial charge in [0.1, 0.15) is 5.75 Å². The fraction of sp³-hybridized carbons (Fsp3) is 0.724. The summed E-state index contributed by atoms with van der Waals surface area (Å²) in [5.74, 6) is 3.35. The molecule has 1 saturated heterocycles. The highest BCUT2D eigenvalue weighted by molar-refractivity contribution is 5.26. The van der Waals surface area contributed by atoms with Gasteiger partial charge >= 0.3 is 0 Å². The number of hydrogen-bond donors (Lipinski definition) is 1. The van der Waals surface area contributed by atoms with Crippen molar-refractivity contribution in [2.75, 3.05) is 33.5 Å². The molecule has 2 aliphatic carbocycles. The summed E-state index contributed by atoms with van der Waals surface area (Å²) in [7, 11) is 1.69. The van der Waals surface area contributed by atoms with E-state index in [1.807, 2.05) is 12.1 Å². The van der Waals surface area contributed by atoms with E-state index in [4.69, 9.17) is 18.9 Å². The number of aliphatic hydroxyl groups is 1. The average Bonchev–Trinajstić information content (AvgIpc) is 3.27. The largest absolute Gasteiger partial charge is 0.497 e. The van der Waals surface area contributed by atoms with E-state index in [2.05, 4.69) is 45.9 Å². The summed E-state index contributed by atoms with van der Waals surface area (Å²) >= 11 is 0. The van der Waals surface area contributed by atoms with Gasteiger partial charge in [-0.1, -0.05) is 44.6 Å².